The summed E-state index contributed by atoms with van der Waals surface area (Å²) >= 11 is 0. The van der Waals surface area contributed by atoms with Gasteiger partial charge in [0.15, 0.2) is 5.82 Å². The molecule has 6 nitrogen and oxygen atoms in total. The van der Waals surface area contributed by atoms with Crippen molar-refractivity contribution in [3.05, 3.63) is 11.7 Å². The minimum absolute atomic E-state index is 0.190. The van der Waals surface area contributed by atoms with Gasteiger partial charge in [-0.25, -0.2) is 0 Å². The van der Waals surface area contributed by atoms with Gasteiger partial charge in [0.2, 0.25) is 5.89 Å². The molecule has 1 heterocycles. The Kier molecular flexibility index (Phi) is 5.77. The number of aromatic nitrogens is 2. The maximum absolute atomic E-state index is 10.4. The zero-order valence-corrected chi connectivity index (χ0v) is 11.2. The second-order valence-electron chi connectivity index (χ2n) is 4.94. The number of aliphatic carboxylic acids is 1. The van der Waals surface area contributed by atoms with Crippen molar-refractivity contribution in [3.8, 4) is 0 Å². The Labute approximate surface area is 107 Å². The molecule has 0 aliphatic carbocycles. The van der Waals surface area contributed by atoms with Crippen molar-refractivity contribution in [3.63, 3.8) is 0 Å². The molecule has 0 aliphatic heterocycles. The van der Waals surface area contributed by atoms with Crippen molar-refractivity contribution >= 4 is 5.97 Å². The van der Waals surface area contributed by atoms with Crippen LogP contribution in [0.4, 0.5) is 0 Å². The van der Waals surface area contributed by atoms with Crippen LogP contribution in [0.3, 0.4) is 0 Å². The maximum Gasteiger partial charge on any atom is 0.303 e. The number of nitrogens with zero attached hydrogens (tertiary/aromatic N) is 3. The zero-order valence-electron chi connectivity index (χ0n) is 11.2. The van der Waals surface area contributed by atoms with E-state index in [4.69, 9.17) is 9.63 Å². The highest BCUT2D eigenvalue weighted by Crippen LogP contribution is 2.07. The van der Waals surface area contributed by atoms with Gasteiger partial charge >= 0.3 is 5.97 Å². The summed E-state index contributed by atoms with van der Waals surface area (Å²) in [6.45, 7) is 5.49. The standard InChI is InChI=1S/C12H21N3O3/c1-9(2)7-11-13-10(14-18-11)8-15(3)6-4-5-12(16)17/h9H,4-8H2,1-3H3,(H,16,17). The molecule has 102 valence electrons. The fourth-order valence-corrected chi connectivity index (χ4v) is 1.61. The number of carboxylic acid groups (broad SMARTS) is 1. The molecule has 1 aromatic rings. The summed E-state index contributed by atoms with van der Waals surface area (Å²) in [4.78, 5) is 16.7. The summed E-state index contributed by atoms with van der Waals surface area (Å²) in [5.74, 6) is 1.05. The lowest BCUT2D eigenvalue weighted by Gasteiger charge is -2.12. The third kappa shape index (κ3) is 5.77. The highest BCUT2D eigenvalue weighted by atomic mass is 16.5. The minimum Gasteiger partial charge on any atom is -0.481 e. The number of hydrogen-bond acceptors (Lipinski definition) is 5. The lowest BCUT2D eigenvalue weighted by atomic mass is 10.1. The Balaban J connectivity index is 2.32. The molecule has 0 radical (unpaired) electrons. The molecular formula is C12H21N3O3. The van der Waals surface area contributed by atoms with Crippen LogP contribution in [0.2, 0.25) is 0 Å². The molecule has 6 heteroatoms. The summed E-state index contributed by atoms with van der Waals surface area (Å²) in [7, 11) is 1.92. The van der Waals surface area contributed by atoms with Gasteiger partial charge < -0.3 is 9.63 Å². The SMILES string of the molecule is CC(C)Cc1nc(CN(C)CCCC(=O)O)no1. The van der Waals surface area contributed by atoms with Gasteiger partial charge in [-0.1, -0.05) is 19.0 Å². The van der Waals surface area contributed by atoms with Crippen LogP contribution in [0, 0.1) is 5.92 Å². The van der Waals surface area contributed by atoms with Crippen LogP contribution in [0.1, 0.15) is 38.4 Å². The minimum atomic E-state index is -0.762. The molecule has 0 saturated heterocycles. The summed E-state index contributed by atoms with van der Waals surface area (Å²) in [5.41, 5.74) is 0. The quantitative estimate of drug-likeness (QED) is 0.759. The van der Waals surface area contributed by atoms with Crippen LogP contribution in [0.25, 0.3) is 0 Å². The first-order valence-electron chi connectivity index (χ1n) is 6.19. The van der Waals surface area contributed by atoms with Crippen LogP contribution < -0.4 is 0 Å². The highest BCUT2D eigenvalue weighted by Gasteiger charge is 2.10. The molecule has 0 fully saturated rings. The predicted octanol–water partition coefficient (Wildman–Crippen LogP) is 1.56. The molecule has 0 spiro atoms. The molecule has 18 heavy (non-hydrogen) atoms. The van der Waals surface area contributed by atoms with Crippen LogP contribution in [0.15, 0.2) is 4.52 Å². The maximum atomic E-state index is 10.4. The third-order valence-electron chi connectivity index (χ3n) is 2.43. The smallest absolute Gasteiger partial charge is 0.303 e. The van der Waals surface area contributed by atoms with Gasteiger partial charge in [-0.05, 0) is 25.9 Å². The summed E-state index contributed by atoms with van der Waals surface area (Å²) in [6, 6.07) is 0. The average Bonchev–Trinajstić information content (AvgIpc) is 2.63. The van der Waals surface area contributed by atoms with Crippen molar-refractivity contribution in [1.82, 2.24) is 15.0 Å². The van der Waals surface area contributed by atoms with E-state index in [1.807, 2.05) is 11.9 Å². The lowest BCUT2D eigenvalue weighted by molar-refractivity contribution is -0.137. The monoisotopic (exact) mass is 255 g/mol. The Morgan fingerprint density at radius 3 is 2.83 bits per heavy atom. The Bertz CT molecular complexity index is 376. The molecular weight excluding hydrogens is 234 g/mol. The van der Waals surface area contributed by atoms with Crippen molar-refractivity contribution < 1.29 is 14.4 Å². The van der Waals surface area contributed by atoms with E-state index in [-0.39, 0.29) is 6.42 Å². The fourth-order valence-electron chi connectivity index (χ4n) is 1.61. The van der Waals surface area contributed by atoms with Gasteiger partial charge in [-0.2, -0.15) is 4.98 Å². The molecule has 0 atom stereocenters. The first-order chi connectivity index (χ1) is 8.47. The summed E-state index contributed by atoms with van der Waals surface area (Å²) in [5, 5.41) is 12.5. The molecule has 0 saturated carbocycles. The normalized spacial score (nSPS) is 11.4. The zero-order chi connectivity index (χ0) is 13.5. The van der Waals surface area contributed by atoms with Gasteiger partial charge in [0, 0.05) is 12.8 Å². The molecule has 0 amide bonds. The Morgan fingerprint density at radius 2 is 2.22 bits per heavy atom. The molecule has 1 aromatic heterocycles. The first kappa shape index (κ1) is 14.6. The second-order valence-corrected chi connectivity index (χ2v) is 4.94. The number of rotatable bonds is 8. The summed E-state index contributed by atoms with van der Waals surface area (Å²) in [6.07, 6.45) is 1.60. The predicted molar refractivity (Wildman–Crippen MR) is 66.0 cm³/mol. The van der Waals surface area contributed by atoms with Gasteiger partial charge in [-0.3, -0.25) is 9.69 Å². The van der Waals surface area contributed by atoms with Crippen molar-refractivity contribution in [2.24, 2.45) is 5.92 Å². The third-order valence-corrected chi connectivity index (χ3v) is 2.43. The molecule has 1 rings (SSSR count). The number of hydrogen-bond donors (Lipinski definition) is 1. The largest absolute Gasteiger partial charge is 0.481 e. The van der Waals surface area contributed by atoms with E-state index in [0.717, 1.165) is 6.42 Å². The van der Waals surface area contributed by atoms with Crippen LogP contribution in [-0.2, 0) is 17.8 Å². The van der Waals surface area contributed by atoms with Crippen molar-refractivity contribution in [2.45, 2.75) is 39.7 Å². The van der Waals surface area contributed by atoms with Crippen LogP contribution in [0.5, 0.6) is 0 Å². The van der Waals surface area contributed by atoms with Gasteiger partial charge in [0.25, 0.3) is 0 Å². The van der Waals surface area contributed by atoms with Gasteiger partial charge in [0.1, 0.15) is 0 Å². The summed E-state index contributed by atoms with van der Waals surface area (Å²) < 4.78 is 5.14. The topological polar surface area (TPSA) is 79.5 Å². The molecule has 0 unspecified atom stereocenters. The van der Waals surface area contributed by atoms with Crippen molar-refractivity contribution in [1.29, 1.82) is 0 Å². The van der Waals surface area contributed by atoms with E-state index in [1.165, 1.54) is 0 Å². The molecule has 0 bridgehead atoms. The van der Waals surface area contributed by atoms with E-state index < -0.39 is 5.97 Å². The highest BCUT2D eigenvalue weighted by molar-refractivity contribution is 5.66. The Hall–Kier alpha value is -1.43. The van der Waals surface area contributed by atoms with E-state index in [2.05, 4.69) is 24.0 Å². The Morgan fingerprint density at radius 1 is 1.50 bits per heavy atom. The van der Waals surface area contributed by atoms with Gasteiger partial charge in [0.05, 0.1) is 6.54 Å². The van der Waals surface area contributed by atoms with Crippen molar-refractivity contribution in [2.75, 3.05) is 13.6 Å². The molecule has 0 aromatic carbocycles. The second kappa shape index (κ2) is 7.10. The number of carbonyl (C=O) groups is 1. The van der Waals surface area contributed by atoms with E-state index in [9.17, 15) is 4.79 Å². The van der Waals surface area contributed by atoms with Gasteiger partial charge in [-0.15, -0.1) is 0 Å². The van der Waals surface area contributed by atoms with E-state index >= 15 is 0 Å². The number of carboxylic acids is 1. The lowest BCUT2D eigenvalue weighted by Crippen LogP contribution is -2.20. The van der Waals surface area contributed by atoms with Crippen LogP contribution in [-0.4, -0.2) is 39.7 Å². The molecule has 1 N–H and O–H groups in total. The van der Waals surface area contributed by atoms with E-state index in [0.29, 0.717) is 37.1 Å². The first-order valence-corrected chi connectivity index (χ1v) is 6.19. The average molecular weight is 255 g/mol. The van der Waals surface area contributed by atoms with E-state index in [1.54, 1.807) is 0 Å². The fraction of sp³-hybridized carbons (Fsp3) is 0.750. The molecule has 0 aliphatic rings. The van der Waals surface area contributed by atoms with Crippen LogP contribution >= 0.6 is 0 Å².